The van der Waals surface area contributed by atoms with Crippen molar-refractivity contribution in [3.8, 4) is 0 Å². The van der Waals surface area contributed by atoms with E-state index in [-0.39, 0.29) is 5.91 Å². The monoisotopic (exact) mass is 441 g/mol. The normalized spacial score (nSPS) is 10.8. The SMILES string of the molecule is O=C(CCn1cc(Br)cn1)Nc1cnn(Cc2ccc(Cl)c(Cl)c2)c1. The number of nitrogens with zero attached hydrogens (tertiary/aromatic N) is 4. The van der Waals surface area contributed by atoms with Gasteiger partial charge in [-0.1, -0.05) is 29.3 Å². The standard InChI is InChI=1S/C16H14BrCl2N5O/c17-12-6-20-23(9-12)4-3-16(25)22-13-7-21-24(10-13)8-11-1-2-14(18)15(19)5-11/h1-2,5-7,9-10H,3-4,8H2,(H,22,25). The van der Waals surface area contributed by atoms with Crippen molar-refractivity contribution >= 4 is 50.7 Å². The molecule has 3 aromatic rings. The van der Waals surface area contributed by atoms with Crippen molar-refractivity contribution in [2.45, 2.75) is 19.5 Å². The maximum absolute atomic E-state index is 12.0. The molecule has 1 aromatic carbocycles. The first-order valence-electron chi connectivity index (χ1n) is 7.44. The van der Waals surface area contributed by atoms with Gasteiger partial charge in [0.25, 0.3) is 0 Å². The number of hydrogen-bond donors (Lipinski definition) is 1. The summed E-state index contributed by atoms with van der Waals surface area (Å²) >= 11 is 15.2. The number of halogens is 3. The molecule has 0 unspecified atom stereocenters. The topological polar surface area (TPSA) is 64.7 Å². The van der Waals surface area contributed by atoms with Gasteiger partial charge in [-0.2, -0.15) is 10.2 Å². The van der Waals surface area contributed by atoms with Gasteiger partial charge in [0, 0.05) is 25.4 Å². The van der Waals surface area contributed by atoms with Crippen LogP contribution in [0.25, 0.3) is 0 Å². The minimum atomic E-state index is -0.0966. The molecule has 3 rings (SSSR count). The van der Waals surface area contributed by atoms with Crippen molar-refractivity contribution in [1.29, 1.82) is 0 Å². The molecule has 0 saturated carbocycles. The zero-order valence-electron chi connectivity index (χ0n) is 13.0. The third kappa shape index (κ3) is 5.07. The number of rotatable bonds is 6. The molecular formula is C16H14BrCl2N5O. The molecule has 0 bridgehead atoms. The number of amides is 1. The number of hydrogen-bond acceptors (Lipinski definition) is 3. The minimum absolute atomic E-state index is 0.0966. The van der Waals surface area contributed by atoms with E-state index in [0.29, 0.717) is 35.2 Å². The van der Waals surface area contributed by atoms with Crippen LogP contribution < -0.4 is 5.32 Å². The maximum atomic E-state index is 12.0. The van der Waals surface area contributed by atoms with Gasteiger partial charge < -0.3 is 5.32 Å². The van der Waals surface area contributed by atoms with E-state index < -0.39 is 0 Å². The highest BCUT2D eigenvalue weighted by molar-refractivity contribution is 9.10. The van der Waals surface area contributed by atoms with E-state index >= 15 is 0 Å². The molecule has 9 heteroatoms. The summed E-state index contributed by atoms with van der Waals surface area (Å²) in [6, 6.07) is 5.43. The largest absolute Gasteiger partial charge is 0.323 e. The Balaban J connectivity index is 1.53. The molecule has 0 saturated heterocycles. The lowest BCUT2D eigenvalue weighted by Crippen LogP contribution is -2.14. The first-order chi connectivity index (χ1) is 12.0. The minimum Gasteiger partial charge on any atom is -0.323 e. The van der Waals surface area contributed by atoms with Crippen LogP contribution in [0.3, 0.4) is 0 Å². The molecule has 2 aromatic heterocycles. The van der Waals surface area contributed by atoms with Crippen LogP contribution in [0.4, 0.5) is 5.69 Å². The molecule has 0 aliphatic carbocycles. The first kappa shape index (κ1) is 18.0. The predicted octanol–water partition coefficient (Wildman–Crippen LogP) is 4.23. The smallest absolute Gasteiger partial charge is 0.226 e. The van der Waals surface area contributed by atoms with Crippen molar-refractivity contribution in [3.05, 3.63) is 63.1 Å². The highest BCUT2D eigenvalue weighted by Crippen LogP contribution is 2.23. The van der Waals surface area contributed by atoms with Crippen molar-refractivity contribution < 1.29 is 4.79 Å². The number of nitrogens with one attached hydrogen (secondary N) is 1. The Morgan fingerprint density at radius 2 is 1.92 bits per heavy atom. The van der Waals surface area contributed by atoms with Gasteiger partial charge >= 0.3 is 0 Å². The van der Waals surface area contributed by atoms with Crippen LogP contribution in [0.15, 0.2) is 47.5 Å². The summed E-state index contributed by atoms with van der Waals surface area (Å²) in [6.07, 6.45) is 7.21. The molecule has 130 valence electrons. The van der Waals surface area contributed by atoms with E-state index in [2.05, 4.69) is 31.4 Å². The molecule has 2 heterocycles. The summed E-state index contributed by atoms with van der Waals surface area (Å²) in [4.78, 5) is 12.0. The van der Waals surface area contributed by atoms with Gasteiger partial charge in [-0.25, -0.2) is 0 Å². The summed E-state index contributed by atoms with van der Waals surface area (Å²) < 4.78 is 4.31. The van der Waals surface area contributed by atoms with Crippen LogP contribution in [0.5, 0.6) is 0 Å². The van der Waals surface area contributed by atoms with E-state index in [1.165, 1.54) is 0 Å². The molecular weight excluding hydrogens is 429 g/mol. The van der Waals surface area contributed by atoms with Gasteiger partial charge in [0.2, 0.25) is 5.91 Å². The van der Waals surface area contributed by atoms with Gasteiger partial charge in [0.05, 0.1) is 39.1 Å². The van der Waals surface area contributed by atoms with Crippen LogP contribution in [0.1, 0.15) is 12.0 Å². The number of carbonyl (C=O) groups is 1. The summed E-state index contributed by atoms with van der Waals surface area (Å²) in [6.45, 7) is 1.04. The van der Waals surface area contributed by atoms with Crippen molar-refractivity contribution in [2.75, 3.05) is 5.32 Å². The Kier molecular flexibility index (Phi) is 5.78. The van der Waals surface area contributed by atoms with Crippen LogP contribution in [-0.4, -0.2) is 25.5 Å². The van der Waals surface area contributed by atoms with E-state index in [4.69, 9.17) is 23.2 Å². The Morgan fingerprint density at radius 1 is 1.12 bits per heavy atom. The van der Waals surface area contributed by atoms with Crippen molar-refractivity contribution in [2.24, 2.45) is 0 Å². The molecule has 1 N–H and O–H groups in total. The van der Waals surface area contributed by atoms with E-state index in [1.807, 2.05) is 12.3 Å². The lowest BCUT2D eigenvalue weighted by Gasteiger charge is -2.04. The highest BCUT2D eigenvalue weighted by atomic mass is 79.9. The Hall–Kier alpha value is -1.83. The third-order valence-electron chi connectivity index (χ3n) is 3.42. The fourth-order valence-electron chi connectivity index (χ4n) is 2.24. The molecule has 0 spiro atoms. The average Bonchev–Trinajstić information content (AvgIpc) is 3.18. The van der Waals surface area contributed by atoms with Crippen LogP contribution >= 0.6 is 39.1 Å². The molecule has 0 aliphatic rings. The van der Waals surface area contributed by atoms with Crippen molar-refractivity contribution in [3.63, 3.8) is 0 Å². The lowest BCUT2D eigenvalue weighted by molar-refractivity contribution is -0.116. The van der Waals surface area contributed by atoms with Crippen LogP contribution in [-0.2, 0) is 17.9 Å². The number of aryl methyl sites for hydroxylation is 1. The predicted molar refractivity (Wildman–Crippen MR) is 101 cm³/mol. The summed E-state index contributed by atoms with van der Waals surface area (Å²) in [7, 11) is 0. The molecule has 0 fully saturated rings. The summed E-state index contributed by atoms with van der Waals surface area (Å²) in [5, 5.41) is 12.2. The molecule has 6 nitrogen and oxygen atoms in total. The van der Waals surface area contributed by atoms with E-state index in [9.17, 15) is 4.79 Å². The van der Waals surface area contributed by atoms with Crippen LogP contribution in [0, 0.1) is 0 Å². The second-order valence-corrected chi connectivity index (χ2v) is 7.12. The molecule has 0 aliphatic heterocycles. The van der Waals surface area contributed by atoms with Gasteiger partial charge in [-0.05, 0) is 33.6 Å². The fraction of sp³-hybridized carbons (Fsp3) is 0.188. The number of benzene rings is 1. The van der Waals surface area contributed by atoms with E-state index in [0.717, 1.165) is 10.0 Å². The Morgan fingerprint density at radius 3 is 2.64 bits per heavy atom. The number of carbonyl (C=O) groups excluding carboxylic acids is 1. The number of anilines is 1. The maximum Gasteiger partial charge on any atom is 0.226 e. The van der Waals surface area contributed by atoms with Gasteiger partial charge in [-0.15, -0.1) is 0 Å². The zero-order chi connectivity index (χ0) is 17.8. The van der Waals surface area contributed by atoms with E-state index in [1.54, 1.807) is 40.1 Å². The average molecular weight is 443 g/mol. The molecule has 1 amide bonds. The lowest BCUT2D eigenvalue weighted by atomic mass is 10.2. The summed E-state index contributed by atoms with van der Waals surface area (Å²) in [5.74, 6) is -0.0966. The molecule has 25 heavy (non-hydrogen) atoms. The highest BCUT2D eigenvalue weighted by Gasteiger charge is 2.07. The molecule has 0 radical (unpaired) electrons. The number of aromatic nitrogens is 4. The Bertz CT molecular complexity index is 892. The third-order valence-corrected chi connectivity index (χ3v) is 4.56. The zero-order valence-corrected chi connectivity index (χ0v) is 16.1. The van der Waals surface area contributed by atoms with Gasteiger partial charge in [0.1, 0.15) is 0 Å². The summed E-state index contributed by atoms with van der Waals surface area (Å²) in [5.41, 5.74) is 1.62. The second-order valence-electron chi connectivity index (χ2n) is 5.39. The first-order valence-corrected chi connectivity index (χ1v) is 8.99. The molecule has 0 atom stereocenters. The second kappa shape index (κ2) is 8.03. The Labute approximate surface area is 162 Å². The van der Waals surface area contributed by atoms with Gasteiger partial charge in [-0.3, -0.25) is 14.2 Å². The van der Waals surface area contributed by atoms with Crippen molar-refractivity contribution in [1.82, 2.24) is 19.6 Å². The van der Waals surface area contributed by atoms with Gasteiger partial charge in [0.15, 0.2) is 0 Å². The van der Waals surface area contributed by atoms with Crippen LogP contribution in [0.2, 0.25) is 10.0 Å². The quantitative estimate of drug-likeness (QED) is 0.621. The fourth-order valence-corrected chi connectivity index (χ4v) is 2.89.